The second-order valence-electron chi connectivity index (χ2n) is 4.13. The maximum atomic E-state index is 5.70. The van der Waals surface area contributed by atoms with Crippen molar-refractivity contribution in [3.05, 3.63) is 35.0 Å². The zero-order chi connectivity index (χ0) is 12.4. The first-order chi connectivity index (χ1) is 8.17. The van der Waals surface area contributed by atoms with Crippen LogP contribution in [-0.2, 0) is 6.54 Å². The molecule has 0 spiro atoms. The molecule has 0 aliphatic heterocycles. The molecule has 0 atom stereocenters. The highest BCUT2D eigenvalue weighted by Gasteiger charge is 2.14. The first-order valence-electron chi connectivity index (χ1n) is 5.55. The monoisotopic (exact) mass is 231 g/mol. The third kappa shape index (κ3) is 2.03. The van der Waals surface area contributed by atoms with E-state index in [-0.39, 0.29) is 0 Å². The molecule has 0 amide bonds. The van der Waals surface area contributed by atoms with Crippen molar-refractivity contribution in [2.45, 2.75) is 20.4 Å². The van der Waals surface area contributed by atoms with E-state index in [1.165, 1.54) is 5.56 Å². The Bertz CT molecular complexity index is 531. The van der Waals surface area contributed by atoms with Gasteiger partial charge in [-0.15, -0.1) is 0 Å². The average molecular weight is 231 g/mol. The van der Waals surface area contributed by atoms with Gasteiger partial charge in [-0.25, -0.2) is 0 Å². The minimum absolute atomic E-state index is 0.461. The number of rotatable bonds is 3. The van der Waals surface area contributed by atoms with Crippen LogP contribution in [0.15, 0.2) is 18.3 Å². The van der Waals surface area contributed by atoms with Gasteiger partial charge in [0.25, 0.3) is 0 Å². The van der Waals surface area contributed by atoms with Gasteiger partial charge in [-0.3, -0.25) is 5.10 Å². The van der Waals surface area contributed by atoms with Crippen molar-refractivity contribution in [1.29, 1.82) is 0 Å². The summed E-state index contributed by atoms with van der Waals surface area (Å²) in [5, 5.41) is 7.05. The van der Waals surface area contributed by atoms with Crippen LogP contribution in [0, 0.1) is 13.8 Å². The molecule has 0 unspecified atom stereocenters. The highest BCUT2D eigenvalue weighted by molar-refractivity contribution is 5.73. The van der Waals surface area contributed by atoms with Crippen molar-refractivity contribution in [2.75, 3.05) is 7.11 Å². The maximum absolute atomic E-state index is 5.70. The van der Waals surface area contributed by atoms with E-state index in [4.69, 9.17) is 10.5 Å². The molecule has 2 rings (SSSR count). The predicted octanol–water partition coefficient (Wildman–Crippen LogP) is 2.16. The molecule has 0 aliphatic rings. The standard InChI is InChI=1S/C13H17N3O/c1-8-4-9(2)12(11(5-8)17-3)13-10(6-14)7-15-16-13/h4-5,7H,6,14H2,1-3H3,(H,15,16). The molecule has 4 nitrogen and oxygen atoms in total. The van der Waals surface area contributed by atoms with Crippen LogP contribution in [-0.4, -0.2) is 17.3 Å². The zero-order valence-corrected chi connectivity index (χ0v) is 10.4. The summed E-state index contributed by atoms with van der Waals surface area (Å²) in [5.41, 5.74) is 11.0. The number of ether oxygens (including phenoxy) is 1. The van der Waals surface area contributed by atoms with E-state index in [9.17, 15) is 0 Å². The van der Waals surface area contributed by atoms with Gasteiger partial charge in [0.05, 0.1) is 19.0 Å². The summed E-state index contributed by atoms with van der Waals surface area (Å²) in [6, 6.07) is 4.14. The number of nitrogens with two attached hydrogens (primary N) is 1. The minimum Gasteiger partial charge on any atom is -0.496 e. The fraction of sp³-hybridized carbons (Fsp3) is 0.308. The molecular weight excluding hydrogens is 214 g/mol. The number of aromatic amines is 1. The fourth-order valence-electron chi connectivity index (χ4n) is 2.09. The van der Waals surface area contributed by atoms with Gasteiger partial charge in [0.1, 0.15) is 5.75 Å². The highest BCUT2D eigenvalue weighted by atomic mass is 16.5. The number of methoxy groups -OCH3 is 1. The second-order valence-corrected chi connectivity index (χ2v) is 4.13. The molecule has 90 valence electrons. The maximum Gasteiger partial charge on any atom is 0.128 e. The van der Waals surface area contributed by atoms with E-state index in [1.54, 1.807) is 13.3 Å². The number of aryl methyl sites for hydroxylation is 2. The van der Waals surface area contributed by atoms with Crippen molar-refractivity contribution < 1.29 is 4.74 Å². The summed E-state index contributed by atoms with van der Waals surface area (Å²) in [6.45, 7) is 4.57. The summed E-state index contributed by atoms with van der Waals surface area (Å²) < 4.78 is 5.44. The van der Waals surface area contributed by atoms with E-state index in [0.29, 0.717) is 6.54 Å². The van der Waals surface area contributed by atoms with Crippen LogP contribution in [0.4, 0.5) is 0 Å². The van der Waals surface area contributed by atoms with Crippen LogP contribution in [0.3, 0.4) is 0 Å². The quantitative estimate of drug-likeness (QED) is 0.850. The molecule has 17 heavy (non-hydrogen) atoms. The molecule has 1 aromatic carbocycles. The third-order valence-corrected chi connectivity index (χ3v) is 2.85. The van der Waals surface area contributed by atoms with Gasteiger partial charge in [-0.1, -0.05) is 6.07 Å². The second kappa shape index (κ2) is 4.59. The molecule has 0 fully saturated rings. The van der Waals surface area contributed by atoms with E-state index in [0.717, 1.165) is 28.1 Å². The first kappa shape index (κ1) is 11.7. The zero-order valence-electron chi connectivity index (χ0n) is 10.4. The van der Waals surface area contributed by atoms with Gasteiger partial charge in [0.15, 0.2) is 0 Å². The van der Waals surface area contributed by atoms with Gasteiger partial charge in [0, 0.05) is 17.7 Å². The Labute approximate surface area is 101 Å². The average Bonchev–Trinajstić information content (AvgIpc) is 2.75. The lowest BCUT2D eigenvalue weighted by atomic mass is 9.99. The number of nitrogens with one attached hydrogen (secondary N) is 1. The van der Waals surface area contributed by atoms with Gasteiger partial charge in [-0.05, 0) is 31.0 Å². The Kier molecular flexibility index (Phi) is 3.15. The lowest BCUT2D eigenvalue weighted by Gasteiger charge is -2.12. The largest absolute Gasteiger partial charge is 0.496 e. The van der Waals surface area contributed by atoms with Crippen LogP contribution in [0.25, 0.3) is 11.3 Å². The Hall–Kier alpha value is -1.81. The molecule has 3 N–H and O–H groups in total. The van der Waals surface area contributed by atoms with Crippen LogP contribution in [0.5, 0.6) is 5.75 Å². The number of H-pyrrole nitrogens is 1. The normalized spacial score (nSPS) is 10.6. The van der Waals surface area contributed by atoms with E-state index in [2.05, 4.69) is 30.1 Å². The molecule has 2 aromatic rings. The van der Waals surface area contributed by atoms with Crippen molar-refractivity contribution in [3.63, 3.8) is 0 Å². The van der Waals surface area contributed by atoms with Gasteiger partial charge in [0.2, 0.25) is 0 Å². The number of nitrogens with zero attached hydrogens (tertiary/aromatic N) is 1. The van der Waals surface area contributed by atoms with Crippen LogP contribution < -0.4 is 10.5 Å². The van der Waals surface area contributed by atoms with Gasteiger partial charge < -0.3 is 10.5 Å². The SMILES string of the molecule is COc1cc(C)cc(C)c1-c1[nH]ncc1CN. The van der Waals surface area contributed by atoms with Crippen molar-refractivity contribution >= 4 is 0 Å². The summed E-state index contributed by atoms with van der Waals surface area (Å²) in [5.74, 6) is 0.849. The minimum atomic E-state index is 0.461. The van der Waals surface area contributed by atoms with Crippen molar-refractivity contribution in [2.24, 2.45) is 5.73 Å². The highest BCUT2D eigenvalue weighted by Crippen LogP contribution is 2.34. The number of hydrogen-bond donors (Lipinski definition) is 2. The molecule has 4 heteroatoms. The molecule has 1 aromatic heterocycles. The van der Waals surface area contributed by atoms with Crippen LogP contribution >= 0.6 is 0 Å². The molecular formula is C13H17N3O. The summed E-state index contributed by atoms with van der Waals surface area (Å²) in [6.07, 6.45) is 1.76. The fourth-order valence-corrected chi connectivity index (χ4v) is 2.09. The van der Waals surface area contributed by atoms with Crippen LogP contribution in [0.1, 0.15) is 16.7 Å². The number of benzene rings is 1. The Morgan fingerprint density at radius 1 is 1.35 bits per heavy atom. The lowest BCUT2D eigenvalue weighted by Crippen LogP contribution is -1.99. The van der Waals surface area contributed by atoms with E-state index in [1.807, 2.05) is 6.07 Å². The lowest BCUT2D eigenvalue weighted by molar-refractivity contribution is 0.415. The number of aromatic nitrogens is 2. The van der Waals surface area contributed by atoms with Crippen LogP contribution in [0.2, 0.25) is 0 Å². The predicted molar refractivity (Wildman–Crippen MR) is 67.9 cm³/mol. The van der Waals surface area contributed by atoms with Gasteiger partial charge in [-0.2, -0.15) is 5.10 Å². The summed E-state index contributed by atoms with van der Waals surface area (Å²) in [4.78, 5) is 0. The molecule has 0 aliphatic carbocycles. The van der Waals surface area contributed by atoms with Crippen molar-refractivity contribution in [1.82, 2.24) is 10.2 Å². The smallest absolute Gasteiger partial charge is 0.128 e. The van der Waals surface area contributed by atoms with Gasteiger partial charge >= 0.3 is 0 Å². The summed E-state index contributed by atoms with van der Waals surface area (Å²) in [7, 11) is 1.68. The molecule has 0 saturated heterocycles. The Balaban J connectivity index is 2.66. The van der Waals surface area contributed by atoms with Crippen molar-refractivity contribution in [3.8, 4) is 17.0 Å². The Morgan fingerprint density at radius 2 is 2.12 bits per heavy atom. The summed E-state index contributed by atoms with van der Waals surface area (Å²) >= 11 is 0. The van der Waals surface area contributed by atoms with E-state index >= 15 is 0 Å². The molecule has 0 saturated carbocycles. The third-order valence-electron chi connectivity index (χ3n) is 2.85. The first-order valence-corrected chi connectivity index (χ1v) is 5.55. The number of hydrogen-bond acceptors (Lipinski definition) is 3. The Morgan fingerprint density at radius 3 is 2.76 bits per heavy atom. The molecule has 0 radical (unpaired) electrons. The topological polar surface area (TPSA) is 63.9 Å². The van der Waals surface area contributed by atoms with E-state index < -0.39 is 0 Å². The molecule has 0 bridgehead atoms. The molecule has 1 heterocycles.